The van der Waals surface area contributed by atoms with Crippen molar-refractivity contribution in [2.75, 3.05) is 18.0 Å². The first-order chi connectivity index (χ1) is 18.3. The number of benzene rings is 2. The molecule has 1 unspecified atom stereocenters. The number of hydrogen-bond donors (Lipinski definition) is 0. The molecule has 6 nitrogen and oxygen atoms in total. The van der Waals surface area contributed by atoms with Gasteiger partial charge in [-0.05, 0) is 66.8 Å². The lowest BCUT2D eigenvalue weighted by molar-refractivity contribution is -0.135. The summed E-state index contributed by atoms with van der Waals surface area (Å²) in [6.45, 7) is 14.1. The summed E-state index contributed by atoms with van der Waals surface area (Å²) in [4.78, 5) is 33.4. The van der Waals surface area contributed by atoms with Crippen molar-refractivity contribution in [1.29, 1.82) is 0 Å². The molecule has 2 saturated heterocycles. The fraction of sp³-hybridized carbons (Fsp3) is 0.467. The molecule has 208 valence electrons. The minimum atomic E-state index is -2.59. The lowest BCUT2D eigenvalue weighted by Crippen LogP contribution is -2.64. The third-order valence-corrected chi connectivity index (χ3v) is 14.6. The van der Waals surface area contributed by atoms with E-state index in [0.29, 0.717) is 17.1 Å². The molecule has 0 spiro atoms. The molecule has 0 aliphatic carbocycles. The number of halogens is 2. The van der Waals surface area contributed by atoms with Gasteiger partial charge in [0.05, 0.1) is 11.2 Å². The van der Waals surface area contributed by atoms with Crippen LogP contribution < -0.4 is 4.90 Å². The van der Waals surface area contributed by atoms with Gasteiger partial charge in [-0.1, -0.05) is 58.8 Å². The number of carbonyl (C=O) groups excluding carboxylic acids is 2. The molecule has 0 saturated carbocycles. The highest BCUT2D eigenvalue weighted by atomic mass is 35.5. The van der Waals surface area contributed by atoms with Crippen LogP contribution in [0.2, 0.25) is 23.2 Å². The van der Waals surface area contributed by atoms with Crippen LogP contribution in [0.4, 0.5) is 14.9 Å². The van der Waals surface area contributed by atoms with E-state index in [0.717, 1.165) is 48.9 Å². The van der Waals surface area contributed by atoms with Crippen LogP contribution in [-0.2, 0) is 4.79 Å². The van der Waals surface area contributed by atoms with Crippen molar-refractivity contribution in [2.24, 2.45) is 0 Å². The number of likely N-dealkylation sites (tertiary alicyclic amines) is 1. The molecule has 39 heavy (non-hydrogen) atoms. The van der Waals surface area contributed by atoms with Gasteiger partial charge < -0.3 is 4.57 Å². The quantitative estimate of drug-likeness (QED) is 0.233. The normalized spacial score (nSPS) is 21.4. The zero-order chi connectivity index (χ0) is 28.3. The molecular formula is C30H38ClFN4O2Si. The summed E-state index contributed by atoms with van der Waals surface area (Å²) in [5, 5.41) is 1.10. The SMILES string of the molecule is CCC1(N2CCCCC2)C(=O)N([Si](C)(C)C(C)(C)C)C(=O)N1c1cn(-c2ccc(F)cc2)c2ccc(Cl)cc12. The van der Waals surface area contributed by atoms with E-state index in [1.165, 1.54) is 12.1 Å². The van der Waals surface area contributed by atoms with Crippen molar-refractivity contribution in [3.8, 4) is 5.69 Å². The van der Waals surface area contributed by atoms with Gasteiger partial charge in [-0.2, -0.15) is 0 Å². The molecular weight excluding hydrogens is 531 g/mol. The van der Waals surface area contributed by atoms with Crippen LogP contribution in [0.1, 0.15) is 53.4 Å². The van der Waals surface area contributed by atoms with Gasteiger partial charge in [0.1, 0.15) is 5.82 Å². The minimum Gasteiger partial charge on any atom is -0.314 e. The molecule has 2 aromatic carbocycles. The molecule has 3 heterocycles. The Bertz CT molecular complexity index is 1430. The predicted molar refractivity (Wildman–Crippen MR) is 159 cm³/mol. The molecule has 2 fully saturated rings. The number of nitrogens with zero attached hydrogens (tertiary/aromatic N) is 4. The van der Waals surface area contributed by atoms with E-state index in [-0.39, 0.29) is 22.8 Å². The van der Waals surface area contributed by atoms with Crippen LogP contribution >= 0.6 is 11.6 Å². The second-order valence-corrected chi connectivity index (χ2v) is 17.8. The molecule has 1 aromatic heterocycles. The van der Waals surface area contributed by atoms with E-state index in [4.69, 9.17) is 11.6 Å². The van der Waals surface area contributed by atoms with Crippen LogP contribution in [0.5, 0.6) is 0 Å². The second kappa shape index (κ2) is 9.75. The molecule has 0 N–H and O–H groups in total. The number of imide groups is 1. The maximum Gasteiger partial charge on any atom is 0.325 e. The molecule has 5 rings (SSSR count). The van der Waals surface area contributed by atoms with Crippen LogP contribution in [0.15, 0.2) is 48.7 Å². The largest absolute Gasteiger partial charge is 0.325 e. The minimum absolute atomic E-state index is 0.117. The number of aromatic nitrogens is 1. The summed E-state index contributed by atoms with van der Waals surface area (Å²) in [5.41, 5.74) is 1.10. The van der Waals surface area contributed by atoms with Crippen molar-refractivity contribution >= 4 is 48.4 Å². The summed E-state index contributed by atoms with van der Waals surface area (Å²) in [7, 11) is -2.59. The average Bonchev–Trinajstić information content (AvgIpc) is 3.36. The van der Waals surface area contributed by atoms with Crippen molar-refractivity contribution in [1.82, 2.24) is 14.0 Å². The maximum absolute atomic E-state index is 14.7. The van der Waals surface area contributed by atoms with E-state index < -0.39 is 13.9 Å². The number of carbonyl (C=O) groups is 2. The summed E-state index contributed by atoms with van der Waals surface area (Å²) >= 11 is 6.51. The van der Waals surface area contributed by atoms with Gasteiger partial charge in [-0.3, -0.25) is 19.2 Å². The molecule has 3 aromatic rings. The number of anilines is 1. The molecule has 1 atom stereocenters. The predicted octanol–water partition coefficient (Wildman–Crippen LogP) is 7.79. The Labute approximate surface area is 236 Å². The Balaban J connectivity index is 1.79. The fourth-order valence-corrected chi connectivity index (χ4v) is 8.11. The third-order valence-electron chi connectivity index (χ3n) is 9.16. The standard InChI is InChI=1S/C30H38ClFN4O2Si/c1-7-30(33-17-9-8-10-18-33)27(37)36(39(5,6)29(2,3)4)28(38)35(30)26-20-34(23-14-12-22(32)13-15-23)25-16-11-21(31)19-24(25)26/h11-16,19-20H,7-10,17-18H2,1-6H3. The molecule has 0 bridgehead atoms. The third kappa shape index (κ3) is 4.23. The molecule has 2 aliphatic heterocycles. The Morgan fingerprint density at radius 3 is 2.23 bits per heavy atom. The highest BCUT2D eigenvalue weighted by Crippen LogP contribution is 2.49. The van der Waals surface area contributed by atoms with E-state index in [1.54, 1.807) is 21.6 Å². The summed E-state index contributed by atoms with van der Waals surface area (Å²) in [6, 6.07) is 11.6. The highest BCUT2D eigenvalue weighted by molar-refractivity contribution is 6.82. The Morgan fingerprint density at radius 1 is 1.00 bits per heavy atom. The number of hydrogen-bond acceptors (Lipinski definition) is 3. The first kappa shape index (κ1) is 27.9. The monoisotopic (exact) mass is 568 g/mol. The second-order valence-electron chi connectivity index (χ2n) is 12.3. The molecule has 9 heteroatoms. The zero-order valence-electron chi connectivity index (χ0n) is 23.7. The van der Waals surface area contributed by atoms with Gasteiger partial charge in [0.15, 0.2) is 13.9 Å². The maximum atomic E-state index is 14.7. The van der Waals surface area contributed by atoms with Gasteiger partial charge in [-0.25, -0.2) is 9.18 Å². The Hall–Kier alpha value is -2.68. The summed E-state index contributed by atoms with van der Waals surface area (Å²) in [5.74, 6) is -0.438. The molecule has 3 amide bonds. The lowest BCUT2D eigenvalue weighted by Gasteiger charge is -2.46. The number of urea groups is 1. The van der Waals surface area contributed by atoms with Crippen molar-refractivity contribution < 1.29 is 14.0 Å². The highest BCUT2D eigenvalue weighted by Gasteiger charge is 2.65. The smallest absolute Gasteiger partial charge is 0.314 e. The topological polar surface area (TPSA) is 48.8 Å². The fourth-order valence-electron chi connectivity index (χ4n) is 6.00. The van der Waals surface area contributed by atoms with Crippen LogP contribution in [0, 0.1) is 5.82 Å². The first-order valence-corrected chi connectivity index (χ1v) is 17.2. The van der Waals surface area contributed by atoms with Crippen LogP contribution in [0.3, 0.4) is 0 Å². The van der Waals surface area contributed by atoms with Gasteiger partial charge in [0.2, 0.25) is 0 Å². The number of rotatable bonds is 5. The summed E-state index contributed by atoms with van der Waals surface area (Å²) < 4.78 is 17.4. The van der Waals surface area contributed by atoms with Gasteiger partial charge in [-0.15, -0.1) is 0 Å². The van der Waals surface area contributed by atoms with E-state index in [1.807, 2.05) is 35.9 Å². The Morgan fingerprint density at radius 2 is 1.64 bits per heavy atom. The lowest BCUT2D eigenvalue weighted by atomic mass is 9.98. The Kier molecular flexibility index (Phi) is 6.97. The van der Waals surface area contributed by atoms with E-state index >= 15 is 0 Å². The van der Waals surface area contributed by atoms with Crippen LogP contribution in [0.25, 0.3) is 16.6 Å². The van der Waals surface area contributed by atoms with E-state index in [9.17, 15) is 14.0 Å². The number of piperidine rings is 1. The van der Waals surface area contributed by atoms with Crippen molar-refractivity contribution in [3.63, 3.8) is 0 Å². The van der Waals surface area contributed by atoms with Gasteiger partial charge in [0.25, 0.3) is 5.91 Å². The summed E-state index contributed by atoms with van der Waals surface area (Å²) in [6.07, 6.45) is 5.46. The van der Waals surface area contributed by atoms with Gasteiger partial charge in [0, 0.05) is 35.4 Å². The van der Waals surface area contributed by atoms with Crippen molar-refractivity contribution in [2.45, 2.75) is 77.2 Å². The van der Waals surface area contributed by atoms with Crippen LogP contribution in [-0.4, -0.2) is 53.0 Å². The molecule has 0 radical (unpaired) electrons. The van der Waals surface area contributed by atoms with E-state index in [2.05, 4.69) is 38.8 Å². The van der Waals surface area contributed by atoms with Gasteiger partial charge >= 0.3 is 6.03 Å². The number of fused-ring (bicyclic) bond motifs is 1. The molecule has 2 aliphatic rings. The average molecular weight is 569 g/mol. The first-order valence-electron chi connectivity index (χ1n) is 13.8. The van der Waals surface area contributed by atoms with Crippen molar-refractivity contribution in [3.05, 3.63) is 59.5 Å². The zero-order valence-corrected chi connectivity index (χ0v) is 25.5. The number of amides is 3.